The Morgan fingerprint density at radius 2 is 2.07 bits per heavy atom. The van der Waals surface area contributed by atoms with Crippen molar-refractivity contribution in [3.05, 3.63) is 58.4 Å². The second kappa shape index (κ2) is 6.84. The fourth-order valence-corrected chi connectivity index (χ4v) is 3.19. The second-order valence-corrected chi connectivity index (χ2v) is 7.30. The number of nitrogens with one attached hydrogen (secondary N) is 2. The summed E-state index contributed by atoms with van der Waals surface area (Å²) in [7, 11) is 0. The first kappa shape index (κ1) is 18.6. The van der Waals surface area contributed by atoms with E-state index in [1.807, 2.05) is 26.8 Å². The van der Waals surface area contributed by atoms with Crippen molar-refractivity contribution in [1.29, 1.82) is 5.26 Å². The van der Waals surface area contributed by atoms with Crippen LogP contribution in [0.3, 0.4) is 0 Å². The van der Waals surface area contributed by atoms with Gasteiger partial charge >= 0.3 is 0 Å². The van der Waals surface area contributed by atoms with E-state index in [4.69, 9.17) is 5.26 Å². The molecule has 0 fully saturated rings. The number of hydrogen-bond acceptors (Lipinski definition) is 3. The van der Waals surface area contributed by atoms with Crippen LogP contribution in [0.15, 0.2) is 30.3 Å². The lowest BCUT2D eigenvalue weighted by molar-refractivity contribution is -0.124. The predicted molar refractivity (Wildman–Crippen MR) is 101 cm³/mol. The first-order valence-corrected chi connectivity index (χ1v) is 8.73. The van der Waals surface area contributed by atoms with Crippen LogP contribution in [0, 0.1) is 22.6 Å². The summed E-state index contributed by atoms with van der Waals surface area (Å²) in [5.41, 5.74) is 2.27. The molecule has 3 rings (SSSR count). The number of aryl methyl sites for hydroxylation is 1. The van der Waals surface area contributed by atoms with Gasteiger partial charge in [0.1, 0.15) is 5.82 Å². The van der Waals surface area contributed by atoms with E-state index in [0.29, 0.717) is 29.7 Å². The zero-order chi connectivity index (χ0) is 19.8. The number of carbonyl (C=O) groups excluding carboxylic acids is 2. The highest BCUT2D eigenvalue weighted by Crippen LogP contribution is 2.36. The molecule has 1 heterocycles. The van der Waals surface area contributed by atoms with E-state index < -0.39 is 17.1 Å². The monoisotopic (exact) mass is 365 g/mol. The van der Waals surface area contributed by atoms with Crippen LogP contribution < -0.4 is 10.6 Å². The van der Waals surface area contributed by atoms with Crippen molar-refractivity contribution in [2.75, 3.05) is 10.6 Å². The number of amides is 2. The average molecular weight is 365 g/mol. The molecule has 2 amide bonds. The fourth-order valence-electron chi connectivity index (χ4n) is 3.19. The average Bonchev–Trinajstić information content (AvgIpc) is 2.63. The van der Waals surface area contributed by atoms with Crippen molar-refractivity contribution in [3.63, 3.8) is 0 Å². The van der Waals surface area contributed by atoms with Crippen molar-refractivity contribution in [2.45, 2.75) is 33.6 Å². The molecular weight excluding hydrogens is 345 g/mol. The predicted octanol–water partition coefficient (Wildman–Crippen LogP) is 4.03. The molecule has 0 radical (unpaired) electrons. The highest BCUT2D eigenvalue weighted by molar-refractivity contribution is 6.06. The minimum Gasteiger partial charge on any atom is -0.325 e. The Bertz CT molecular complexity index is 990. The summed E-state index contributed by atoms with van der Waals surface area (Å²) < 4.78 is 14.5. The third-order valence-electron chi connectivity index (χ3n) is 4.80. The standard InChI is InChI=1S/C21H20FN3O2/c1-4-13-7-12(11-23)5-6-15(13)19(26)24-18-8-14-10-21(2,3)20(27)25-17(14)9-16(18)22/h5-9H,4,10H2,1-3H3,(H,24,26)(H,25,27). The Morgan fingerprint density at radius 1 is 1.33 bits per heavy atom. The van der Waals surface area contributed by atoms with Crippen LogP contribution in [0.2, 0.25) is 0 Å². The molecule has 0 unspecified atom stereocenters. The van der Waals surface area contributed by atoms with Gasteiger partial charge < -0.3 is 10.6 Å². The van der Waals surface area contributed by atoms with Gasteiger partial charge in [-0.25, -0.2) is 4.39 Å². The zero-order valence-electron chi connectivity index (χ0n) is 15.4. The number of nitrogens with zero attached hydrogens (tertiary/aromatic N) is 1. The van der Waals surface area contributed by atoms with Gasteiger partial charge in [-0.3, -0.25) is 9.59 Å². The molecule has 6 heteroatoms. The highest BCUT2D eigenvalue weighted by Gasteiger charge is 2.34. The maximum Gasteiger partial charge on any atom is 0.256 e. The molecular formula is C21H20FN3O2. The Morgan fingerprint density at radius 3 is 2.74 bits per heavy atom. The molecule has 0 atom stereocenters. The number of rotatable bonds is 3. The lowest BCUT2D eigenvalue weighted by atomic mass is 9.81. The molecule has 138 valence electrons. The van der Waals surface area contributed by atoms with Crippen molar-refractivity contribution in [3.8, 4) is 6.07 Å². The topological polar surface area (TPSA) is 82.0 Å². The van der Waals surface area contributed by atoms with Crippen molar-refractivity contribution < 1.29 is 14.0 Å². The van der Waals surface area contributed by atoms with E-state index in [0.717, 1.165) is 11.1 Å². The fraction of sp³-hybridized carbons (Fsp3) is 0.286. The quantitative estimate of drug-likeness (QED) is 0.861. The van der Waals surface area contributed by atoms with Crippen LogP contribution >= 0.6 is 0 Å². The summed E-state index contributed by atoms with van der Waals surface area (Å²) >= 11 is 0. The van der Waals surface area contributed by atoms with Crippen LogP contribution in [0.5, 0.6) is 0 Å². The van der Waals surface area contributed by atoms with Gasteiger partial charge in [0.15, 0.2) is 0 Å². The van der Waals surface area contributed by atoms with E-state index >= 15 is 0 Å². The summed E-state index contributed by atoms with van der Waals surface area (Å²) in [5, 5.41) is 14.3. The van der Waals surface area contributed by atoms with Gasteiger partial charge in [-0.1, -0.05) is 20.8 Å². The second-order valence-electron chi connectivity index (χ2n) is 7.30. The number of halogens is 1. The minimum absolute atomic E-state index is 0.0668. The van der Waals surface area contributed by atoms with Gasteiger partial charge in [-0.2, -0.15) is 5.26 Å². The zero-order valence-corrected chi connectivity index (χ0v) is 15.4. The van der Waals surface area contributed by atoms with Crippen molar-refractivity contribution in [1.82, 2.24) is 0 Å². The number of benzene rings is 2. The summed E-state index contributed by atoms with van der Waals surface area (Å²) in [6.45, 7) is 5.52. The molecule has 0 aliphatic carbocycles. The molecule has 0 spiro atoms. The molecule has 0 bridgehead atoms. The lowest BCUT2D eigenvalue weighted by Gasteiger charge is -2.30. The van der Waals surface area contributed by atoms with Gasteiger partial charge in [0, 0.05) is 16.7 Å². The van der Waals surface area contributed by atoms with Crippen LogP contribution in [-0.2, 0) is 17.6 Å². The summed E-state index contributed by atoms with van der Waals surface area (Å²) in [5.74, 6) is -1.21. The van der Waals surface area contributed by atoms with Crippen LogP contribution in [-0.4, -0.2) is 11.8 Å². The molecule has 2 N–H and O–H groups in total. The molecule has 0 saturated carbocycles. The Balaban J connectivity index is 1.92. The van der Waals surface area contributed by atoms with Crippen LogP contribution in [0.4, 0.5) is 15.8 Å². The van der Waals surface area contributed by atoms with Crippen molar-refractivity contribution >= 4 is 23.2 Å². The first-order chi connectivity index (χ1) is 12.7. The largest absolute Gasteiger partial charge is 0.325 e. The van der Waals surface area contributed by atoms with Crippen LogP contribution in [0.1, 0.15) is 47.8 Å². The minimum atomic E-state index is -0.617. The third kappa shape index (κ3) is 3.54. The molecule has 1 aliphatic rings. The van der Waals surface area contributed by atoms with E-state index in [1.165, 1.54) is 6.07 Å². The van der Waals surface area contributed by atoms with Gasteiger partial charge in [0.05, 0.1) is 17.3 Å². The Kier molecular flexibility index (Phi) is 4.71. The summed E-state index contributed by atoms with van der Waals surface area (Å²) in [6.07, 6.45) is 1.03. The van der Waals surface area contributed by atoms with Crippen molar-refractivity contribution in [2.24, 2.45) is 5.41 Å². The molecule has 27 heavy (non-hydrogen) atoms. The molecule has 1 aliphatic heterocycles. The summed E-state index contributed by atoms with van der Waals surface area (Å²) in [4.78, 5) is 24.7. The van der Waals surface area contributed by atoms with Gasteiger partial charge in [0.25, 0.3) is 5.91 Å². The summed E-state index contributed by atoms with van der Waals surface area (Å²) in [6, 6.07) is 9.65. The van der Waals surface area contributed by atoms with E-state index in [9.17, 15) is 14.0 Å². The number of hydrogen-bond donors (Lipinski definition) is 2. The first-order valence-electron chi connectivity index (χ1n) is 8.73. The molecule has 0 aromatic heterocycles. The SMILES string of the molecule is CCc1cc(C#N)ccc1C(=O)Nc1cc2c(cc1F)NC(=O)C(C)(C)C2. The lowest BCUT2D eigenvalue weighted by Crippen LogP contribution is -2.37. The highest BCUT2D eigenvalue weighted by atomic mass is 19.1. The van der Waals surface area contributed by atoms with E-state index in [2.05, 4.69) is 10.6 Å². The number of carbonyl (C=O) groups is 2. The maximum absolute atomic E-state index is 14.5. The van der Waals surface area contributed by atoms with Gasteiger partial charge in [-0.05, 0) is 54.3 Å². The Hall–Kier alpha value is -3.20. The smallest absolute Gasteiger partial charge is 0.256 e. The Labute approximate surface area is 157 Å². The molecule has 2 aromatic rings. The number of nitriles is 1. The van der Waals surface area contributed by atoms with E-state index in [-0.39, 0.29) is 11.6 Å². The molecule has 5 nitrogen and oxygen atoms in total. The van der Waals surface area contributed by atoms with Crippen LogP contribution in [0.25, 0.3) is 0 Å². The number of anilines is 2. The normalized spacial score (nSPS) is 14.7. The van der Waals surface area contributed by atoms with Gasteiger partial charge in [0.2, 0.25) is 5.91 Å². The molecule has 2 aromatic carbocycles. The van der Waals surface area contributed by atoms with E-state index in [1.54, 1.807) is 24.3 Å². The molecule has 0 saturated heterocycles. The number of fused-ring (bicyclic) bond motifs is 1. The van der Waals surface area contributed by atoms with Gasteiger partial charge in [-0.15, -0.1) is 0 Å². The maximum atomic E-state index is 14.5. The third-order valence-corrected chi connectivity index (χ3v) is 4.80.